The van der Waals surface area contributed by atoms with E-state index in [-0.39, 0.29) is 17.2 Å². The molecule has 5 rings (SSSR count). The molecule has 0 radical (unpaired) electrons. The van der Waals surface area contributed by atoms with Crippen molar-refractivity contribution in [3.63, 3.8) is 0 Å². The number of hydrogen-bond acceptors (Lipinski definition) is 7. The van der Waals surface area contributed by atoms with Gasteiger partial charge in [-0.2, -0.15) is 5.10 Å². The van der Waals surface area contributed by atoms with Crippen LogP contribution in [-0.2, 0) is 11.8 Å². The number of anilines is 1. The highest BCUT2D eigenvalue weighted by atomic mass is 16.5. The molecule has 3 heterocycles. The lowest BCUT2D eigenvalue weighted by molar-refractivity contribution is 0.0595. The molecule has 0 aliphatic carbocycles. The van der Waals surface area contributed by atoms with Crippen LogP contribution < -0.4 is 10.7 Å². The van der Waals surface area contributed by atoms with Gasteiger partial charge in [0.15, 0.2) is 11.1 Å². The molecule has 0 saturated carbocycles. The van der Waals surface area contributed by atoms with Gasteiger partial charge in [0.25, 0.3) is 0 Å². The van der Waals surface area contributed by atoms with Crippen LogP contribution in [0.4, 0.5) is 5.69 Å². The first-order valence-corrected chi connectivity index (χ1v) is 12.0. The van der Waals surface area contributed by atoms with Gasteiger partial charge in [0, 0.05) is 41.0 Å². The van der Waals surface area contributed by atoms with Gasteiger partial charge < -0.3 is 14.5 Å². The quantitative estimate of drug-likeness (QED) is 0.315. The Morgan fingerprint density at radius 1 is 1.11 bits per heavy atom. The minimum absolute atomic E-state index is 0.0769. The first-order chi connectivity index (χ1) is 17.7. The molecular formula is C29H28N4O4. The van der Waals surface area contributed by atoms with Gasteiger partial charge in [-0.15, -0.1) is 0 Å². The molecule has 188 valence electrons. The lowest BCUT2D eigenvalue weighted by atomic mass is 9.98. The lowest BCUT2D eigenvalue weighted by Gasteiger charge is -2.20. The number of nitrogens with zero attached hydrogens (tertiary/aromatic N) is 3. The predicted molar refractivity (Wildman–Crippen MR) is 144 cm³/mol. The molecule has 5 aromatic rings. The monoisotopic (exact) mass is 496 g/mol. The smallest absolute Gasteiger partial charge is 0.358 e. The highest BCUT2D eigenvalue weighted by molar-refractivity contribution is 5.94. The third-order valence-corrected chi connectivity index (χ3v) is 6.52. The van der Waals surface area contributed by atoms with Crippen LogP contribution >= 0.6 is 0 Å². The predicted octanol–water partition coefficient (Wildman–Crippen LogP) is 5.63. The van der Waals surface area contributed by atoms with Crippen LogP contribution in [0.2, 0.25) is 0 Å². The summed E-state index contributed by atoms with van der Waals surface area (Å²) in [6, 6.07) is 13.0. The Hall–Kier alpha value is -4.46. The van der Waals surface area contributed by atoms with E-state index in [0.717, 1.165) is 27.6 Å². The summed E-state index contributed by atoms with van der Waals surface area (Å²) in [5, 5.41) is 9.28. The summed E-state index contributed by atoms with van der Waals surface area (Å²) in [7, 11) is 3.20. The van der Waals surface area contributed by atoms with Gasteiger partial charge in [-0.3, -0.25) is 9.48 Å². The second kappa shape index (κ2) is 9.20. The molecule has 1 N–H and O–H groups in total. The fourth-order valence-corrected chi connectivity index (χ4v) is 4.69. The van der Waals surface area contributed by atoms with Gasteiger partial charge in [-0.1, -0.05) is 6.07 Å². The number of ether oxygens (including phenoxy) is 1. The molecular weight excluding hydrogens is 468 g/mol. The molecule has 37 heavy (non-hydrogen) atoms. The normalized spacial score (nSPS) is 12.2. The molecule has 0 aliphatic heterocycles. The van der Waals surface area contributed by atoms with E-state index in [1.807, 2.05) is 70.4 Å². The number of benzene rings is 2. The molecule has 8 nitrogen and oxygen atoms in total. The number of hydrogen-bond donors (Lipinski definition) is 1. The number of aryl methyl sites for hydroxylation is 3. The van der Waals surface area contributed by atoms with Crippen LogP contribution in [0.1, 0.15) is 45.8 Å². The van der Waals surface area contributed by atoms with Gasteiger partial charge in [0.1, 0.15) is 11.3 Å². The topological polar surface area (TPSA) is 99.2 Å². The van der Waals surface area contributed by atoms with Crippen molar-refractivity contribution < 1.29 is 13.9 Å². The molecule has 0 amide bonds. The first kappa shape index (κ1) is 24.2. The van der Waals surface area contributed by atoms with Crippen molar-refractivity contribution in [1.29, 1.82) is 0 Å². The van der Waals surface area contributed by atoms with Crippen molar-refractivity contribution in [3.8, 4) is 11.3 Å². The Bertz CT molecular complexity index is 1750. The van der Waals surface area contributed by atoms with Crippen molar-refractivity contribution in [2.24, 2.45) is 7.05 Å². The van der Waals surface area contributed by atoms with Crippen LogP contribution in [0.5, 0.6) is 0 Å². The van der Waals surface area contributed by atoms with Crippen molar-refractivity contribution in [2.75, 3.05) is 12.4 Å². The third-order valence-electron chi connectivity index (χ3n) is 6.52. The molecule has 0 saturated heterocycles. The van der Waals surface area contributed by atoms with E-state index >= 15 is 0 Å². The van der Waals surface area contributed by atoms with E-state index < -0.39 is 5.97 Å². The number of rotatable bonds is 5. The molecule has 3 aromatic heterocycles. The number of fused-ring (bicyclic) bond motifs is 2. The Labute approximate surface area is 213 Å². The second-order valence-corrected chi connectivity index (χ2v) is 9.40. The van der Waals surface area contributed by atoms with Crippen molar-refractivity contribution >= 4 is 33.5 Å². The van der Waals surface area contributed by atoms with Gasteiger partial charge in [-0.05, 0) is 69.7 Å². The van der Waals surface area contributed by atoms with E-state index in [2.05, 4.69) is 15.4 Å². The molecule has 0 spiro atoms. The number of esters is 1. The fraction of sp³-hybridized carbons (Fsp3) is 0.241. The highest BCUT2D eigenvalue weighted by Gasteiger charge is 2.21. The summed E-state index contributed by atoms with van der Waals surface area (Å²) in [4.78, 5) is 30.2. The van der Waals surface area contributed by atoms with Gasteiger partial charge in [-0.25, -0.2) is 9.78 Å². The third kappa shape index (κ3) is 4.35. The van der Waals surface area contributed by atoms with Gasteiger partial charge in [0.2, 0.25) is 0 Å². The van der Waals surface area contributed by atoms with Crippen LogP contribution in [0, 0.1) is 20.8 Å². The average molecular weight is 497 g/mol. The summed E-state index contributed by atoms with van der Waals surface area (Å²) >= 11 is 0. The largest absolute Gasteiger partial charge is 0.464 e. The SMILES string of the molecule is COC(=O)c1nc(C)ccc1NC(C)c1cc(C)cc2c(=O)c(C)c(-c3ccc4nn(C)cc4c3)oc12. The number of methoxy groups -OCH3 is 1. The molecule has 8 heteroatoms. The maximum Gasteiger partial charge on any atom is 0.358 e. The van der Waals surface area contributed by atoms with Crippen molar-refractivity contribution in [2.45, 2.75) is 33.7 Å². The van der Waals surface area contributed by atoms with Crippen LogP contribution in [-0.4, -0.2) is 27.8 Å². The Morgan fingerprint density at radius 2 is 1.89 bits per heavy atom. The van der Waals surface area contributed by atoms with E-state index in [9.17, 15) is 9.59 Å². The minimum atomic E-state index is -0.525. The first-order valence-electron chi connectivity index (χ1n) is 12.0. The Morgan fingerprint density at radius 3 is 2.65 bits per heavy atom. The van der Waals surface area contributed by atoms with Crippen molar-refractivity contribution in [1.82, 2.24) is 14.8 Å². The lowest BCUT2D eigenvalue weighted by Crippen LogP contribution is -2.15. The maximum atomic E-state index is 13.5. The number of carbonyl (C=O) groups is 1. The number of aromatic nitrogens is 3. The second-order valence-electron chi connectivity index (χ2n) is 9.40. The van der Waals surface area contributed by atoms with Gasteiger partial charge >= 0.3 is 5.97 Å². The summed E-state index contributed by atoms with van der Waals surface area (Å²) in [6.45, 7) is 7.51. The summed E-state index contributed by atoms with van der Waals surface area (Å²) in [5.74, 6) is -0.00412. The summed E-state index contributed by atoms with van der Waals surface area (Å²) in [6.07, 6.45) is 1.93. The molecule has 2 aromatic carbocycles. The fourth-order valence-electron chi connectivity index (χ4n) is 4.69. The average Bonchev–Trinajstić information content (AvgIpc) is 3.25. The van der Waals surface area contributed by atoms with Gasteiger partial charge in [0.05, 0.1) is 29.7 Å². The molecule has 0 bridgehead atoms. The van der Waals surface area contributed by atoms with Crippen molar-refractivity contribution in [3.05, 3.63) is 87.0 Å². The van der Waals surface area contributed by atoms with E-state index in [4.69, 9.17) is 9.15 Å². The zero-order valence-electron chi connectivity index (χ0n) is 21.7. The molecule has 0 fully saturated rings. The molecule has 1 unspecified atom stereocenters. The summed E-state index contributed by atoms with van der Waals surface area (Å²) in [5.41, 5.74) is 5.82. The van der Waals surface area contributed by atoms with E-state index in [1.54, 1.807) is 17.7 Å². The van der Waals surface area contributed by atoms with E-state index in [1.165, 1.54) is 7.11 Å². The number of nitrogens with one attached hydrogen (secondary N) is 1. The zero-order chi connectivity index (χ0) is 26.4. The van der Waals surface area contributed by atoms with Crippen LogP contribution in [0.15, 0.2) is 57.9 Å². The Balaban J connectivity index is 1.66. The Kier molecular flexibility index (Phi) is 6.03. The highest BCUT2D eigenvalue weighted by Crippen LogP contribution is 2.33. The number of carbonyl (C=O) groups excluding carboxylic acids is 1. The number of pyridine rings is 1. The summed E-state index contributed by atoms with van der Waals surface area (Å²) < 4.78 is 13.2. The molecule has 0 aliphatic rings. The van der Waals surface area contributed by atoms with E-state index in [0.29, 0.717) is 33.7 Å². The zero-order valence-corrected chi connectivity index (χ0v) is 21.7. The maximum absolute atomic E-state index is 13.5. The van der Waals surface area contributed by atoms with Crippen LogP contribution in [0.3, 0.4) is 0 Å². The minimum Gasteiger partial charge on any atom is -0.464 e. The van der Waals surface area contributed by atoms with Crippen LogP contribution in [0.25, 0.3) is 33.2 Å². The standard InChI is InChI=1S/C29H28N4O4/c1-15-11-21(18(4)31-24-9-7-16(2)30-25(24)29(35)36-6)28-22(12-15)26(34)17(3)27(37-28)19-8-10-23-20(13-19)14-33(5)32-23/h7-14,18,31H,1-6H3. The molecule has 1 atom stereocenters.